The summed E-state index contributed by atoms with van der Waals surface area (Å²) in [6, 6.07) is 2.04. The molecule has 6 nitrogen and oxygen atoms in total. The average Bonchev–Trinajstić information content (AvgIpc) is 3.28. The lowest BCUT2D eigenvalue weighted by Gasteiger charge is -2.25. The molecule has 0 radical (unpaired) electrons. The third-order valence-electron chi connectivity index (χ3n) is 5.45. The lowest BCUT2D eigenvalue weighted by atomic mass is 10.0. The van der Waals surface area contributed by atoms with E-state index in [-0.39, 0.29) is 17.0 Å². The summed E-state index contributed by atoms with van der Waals surface area (Å²) in [5.41, 5.74) is 1.20. The van der Waals surface area contributed by atoms with Crippen LogP contribution in [0.15, 0.2) is 9.70 Å². The lowest BCUT2D eigenvalue weighted by Crippen LogP contribution is -2.31. The molecule has 154 valence electrons. The summed E-state index contributed by atoms with van der Waals surface area (Å²) < 4.78 is 2.11. The maximum absolute atomic E-state index is 13.0. The van der Waals surface area contributed by atoms with E-state index in [4.69, 9.17) is 12.2 Å². The number of carbonyl (C=O) groups is 1. The number of nitriles is 1. The molecule has 0 saturated carbocycles. The number of amides is 1. The normalized spacial score (nSPS) is 18.4. The quantitative estimate of drug-likeness (QED) is 0.527. The van der Waals surface area contributed by atoms with E-state index in [0.29, 0.717) is 27.3 Å². The Hall–Kier alpha value is -2.11. The minimum atomic E-state index is -0.298. The van der Waals surface area contributed by atoms with Gasteiger partial charge in [-0.15, -0.1) is 0 Å². The number of pyridine rings is 1. The summed E-state index contributed by atoms with van der Waals surface area (Å²) >= 11 is 6.73. The van der Waals surface area contributed by atoms with Gasteiger partial charge in [0.2, 0.25) is 0 Å². The van der Waals surface area contributed by atoms with Crippen LogP contribution in [-0.2, 0) is 11.8 Å². The Labute approximate surface area is 181 Å². The monoisotopic (exact) mass is 430 g/mol. The number of thioether (sulfide) groups is 1. The molecule has 3 rings (SSSR count). The Balaban J connectivity index is 2.10. The number of anilines is 1. The Morgan fingerprint density at radius 1 is 1.28 bits per heavy atom. The predicted molar refractivity (Wildman–Crippen MR) is 122 cm³/mol. The van der Waals surface area contributed by atoms with Gasteiger partial charge in [0.15, 0.2) is 0 Å². The largest absolute Gasteiger partial charge is 0.357 e. The van der Waals surface area contributed by atoms with Crippen LogP contribution in [-0.4, -0.2) is 39.3 Å². The molecule has 3 heterocycles. The molecule has 0 N–H and O–H groups in total. The first-order chi connectivity index (χ1) is 13.8. The topological polar surface area (TPSA) is 69.3 Å². The van der Waals surface area contributed by atoms with Crippen LogP contribution in [0.1, 0.15) is 49.8 Å². The number of rotatable bonds is 5. The second-order valence-electron chi connectivity index (χ2n) is 7.92. The van der Waals surface area contributed by atoms with Crippen LogP contribution >= 0.6 is 24.0 Å². The molecule has 1 amide bonds. The van der Waals surface area contributed by atoms with Gasteiger partial charge >= 0.3 is 0 Å². The van der Waals surface area contributed by atoms with Gasteiger partial charge in [0, 0.05) is 32.2 Å². The second kappa shape index (κ2) is 8.72. The molecule has 2 fully saturated rings. The van der Waals surface area contributed by atoms with Crippen LogP contribution in [0.2, 0.25) is 0 Å². The summed E-state index contributed by atoms with van der Waals surface area (Å²) in [4.78, 5) is 30.1. The van der Waals surface area contributed by atoms with Crippen LogP contribution in [0, 0.1) is 24.2 Å². The second-order valence-corrected chi connectivity index (χ2v) is 9.60. The Morgan fingerprint density at radius 2 is 1.93 bits per heavy atom. The van der Waals surface area contributed by atoms with E-state index in [1.165, 1.54) is 11.8 Å². The van der Waals surface area contributed by atoms with E-state index >= 15 is 0 Å². The Bertz CT molecular complexity index is 982. The maximum atomic E-state index is 13.0. The molecule has 2 aliphatic rings. The van der Waals surface area contributed by atoms with Crippen molar-refractivity contribution in [2.24, 2.45) is 13.0 Å². The van der Waals surface area contributed by atoms with Crippen LogP contribution in [0.4, 0.5) is 5.82 Å². The van der Waals surface area contributed by atoms with E-state index < -0.39 is 0 Å². The minimum Gasteiger partial charge on any atom is -0.357 e. The van der Waals surface area contributed by atoms with Crippen molar-refractivity contribution in [3.8, 4) is 6.07 Å². The van der Waals surface area contributed by atoms with Gasteiger partial charge in [-0.3, -0.25) is 19.1 Å². The Morgan fingerprint density at radius 3 is 2.52 bits per heavy atom. The van der Waals surface area contributed by atoms with Gasteiger partial charge in [-0.05, 0) is 43.7 Å². The van der Waals surface area contributed by atoms with Crippen molar-refractivity contribution in [3.63, 3.8) is 0 Å². The van der Waals surface area contributed by atoms with E-state index in [0.717, 1.165) is 43.7 Å². The molecule has 0 aliphatic carbocycles. The smallest absolute Gasteiger partial charge is 0.270 e. The molecule has 8 heteroatoms. The summed E-state index contributed by atoms with van der Waals surface area (Å²) in [6.07, 6.45) is 4.82. The molecule has 0 spiro atoms. The molecule has 29 heavy (non-hydrogen) atoms. The van der Waals surface area contributed by atoms with Crippen molar-refractivity contribution in [2.45, 2.75) is 40.0 Å². The number of hydrogen-bond donors (Lipinski definition) is 0. The summed E-state index contributed by atoms with van der Waals surface area (Å²) in [6.45, 7) is 8.34. The molecule has 0 bridgehead atoms. The highest BCUT2D eigenvalue weighted by Gasteiger charge is 2.33. The molecule has 2 saturated heterocycles. The van der Waals surface area contributed by atoms with E-state index in [1.807, 2.05) is 12.1 Å². The van der Waals surface area contributed by atoms with Gasteiger partial charge in [0.05, 0.1) is 4.91 Å². The zero-order chi connectivity index (χ0) is 21.3. The van der Waals surface area contributed by atoms with Crippen molar-refractivity contribution < 1.29 is 4.79 Å². The molecule has 1 aromatic rings. The summed E-state index contributed by atoms with van der Waals surface area (Å²) in [5.74, 6) is 1.16. The fourth-order valence-electron chi connectivity index (χ4n) is 3.73. The SMILES string of the molecule is Cc1c(C=C2SC(=S)N(CCC(C)C)C2=O)c(N2CCCC2)n(C)c(=O)c1C#N. The highest BCUT2D eigenvalue weighted by atomic mass is 32.2. The summed E-state index contributed by atoms with van der Waals surface area (Å²) in [7, 11) is 1.70. The van der Waals surface area contributed by atoms with E-state index in [9.17, 15) is 14.9 Å². The highest BCUT2D eigenvalue weighted by Crippen LogP contribution is 2.36. The number of nitrogens with zero attached hydrogens (tertiary/aromatic N) is 4. The summed E-state index contributed by atoms with van der Waals surface area (Å²) in [5, 5.41) is 9.52. The molecule has 0 unspecified atom stereocenters. The highest BCUT2D eigenvalue weighted by molar-refractivity contribution is 8.26. The van der Waals surface area contributed by atoms with Gasteiger partial charge in [-0.1, -0.05) is 37.8 Å². The van der Waals surface area contributed by atoms with Gasteiger partial charge in [0.25, 0.3) is 11.5 Å². The number of carbonyl (C=O) groups excluding carboxylic acids is 1. The maximum Gasteiger partial charge on any atom is 0.270 e. The van der Waals surface area contributed by atoms with E-state index in [1.54, 1.807) is 23.4 Å². The molecular formula is C21H26N4O2S2. The van der Waals surface area contributed by atoms with Gasteiger partial charge in [0.1, 0.15) is 21.8 Å². The third-order valence-corrected chi connectivity index (χ3v) is 6.83. The molecule has 1 aromatic heterocycles. The van der Waals surface area contributed by atoms with Crippen molar-refractivity contribution in [3.05, 3.63) is 31.9 Å². The van der Waals surface area contributed by atoms with Crippen molar-refractivity contribution in [1.29, 1.82) is 5.26 Å². The Kier molecular flexibility index (Phi) is 6.49. The fraction of sp³-hybridized carbons (Fsp3) is 0.524. The lowest BCUT2D eigenvalue weighted by molar-refractivity contribution is -0.122. The van der Waals surface area contributed by atoms with Crippen LogP contribution in [0.5, 0.6) is 0 Å². The zero-order valence-electron chi connectivity index (χ0n) is 17.3. The number of aromatic nitrogens is 1. The minimum absolute atomic E-state index is 0.0974. The van der Waals surface area contributed by atoms with Gasteiger partial charge in [-0.2, -0.15) is 5.26 Å². The third kappa shape index (κ3) is 4.12. The van der Waals surface area contributed by atoms with Crippen molar-refractivity contribution >= 4 is 46.1 Å². The van der Waals surface area contributed by atoms with Crippen molar-refractivity contribution in [1.82, 2.24) is 9.47 Å². The van der Waals surface area contributed by atoms with Crippen LogP contribution in [0.3, 0.4) is 0 Å². The van der Waals surface area contributed by atoms with E-state index in [2.05, 4.69) is 18.7 Å². The average molecular weight is 431 g/mol. The van der Waals surface area contributed by atoms with Gasteiger partial charge in [-0.25, -0.2) is 0 Å². The molecule has 0 atom stereocenters. The fourth-order valence-corrected chi connectivity index (χ4v) is 5.02. The van der Waals surface area contributed by atoms with Crippen LogP contribution in [0.25, 0.3) is 6.08 Å². The predicted octanol–water partition coefficient (Wildman–Crippen LogP) is 3.41. The first kappa shape index (κ1) is 21.6. The first-order valence-electron chi connectivity index (χ1n) is 9.90. The molecule has 2 aliphatic heterocycles. The number of thiocarbonyl (C=S) groups is 1. The standard InChI is InChI=1S/C21H26N4O2S2/c1-13(2)7-10-25-20(27)17(29-21(25)28)11-15-14(3)16(12-22)19(26)23(4)18(15)24-8-5-6-9-24/h11,13H,5-10H2,1-4H3. The van der Waals surface area contributed by atoms with Crippen molar-refractivity contribution in [2.75, 3.05) is 24.5 Å². The van der Waals surface area contributed by atoms with Crippen LogP contribution < -0.4 is 10.5 Å². The number of hydrogen-bond acceptors (Lipinski definition) is 6. The van der Waals surface area contributed by atoms with Gasteiger partial charge < -0.3 is 4.90 Å². The molecular weight excluding hydrogens is 404 g/mol. The molecule has 0 aromatic carbocycles. The zero-order valence-corrected chi connectivity index (χ0v) is 19.0. The first-order valence-corrected chi connectivity index (χ1v) is 11.1.